The maximum atomic E-state index is 6.98. The summed E-state index contributed by atoms with van der Waals surface area (Å²) in [6, 6.07) is 37.4. The third-order valence-corrected chi connectivity index (χ3v) is 8.64. The van der Waals surface area contributed by atoms with Crippen LogP contribution in [-0.2, 0) is 6.42 Å². The number of unbranched alkanes of at least 4 members (excludes halogenated alkanes) is 9. The van der Waals surface area contributed by atoms with Gasteiger partial charge in [0, 0.05) is 10.8 Å². The Hall–Kier alpha value is -3.84. The number of hydrogen-bond donors (Lipinski definition) is 0. The van der Waals surface area contributed by atoms with Gasteiger partial charge in [0.25, 0.3) is 0 Å². The van der Waals surface area contributed by atoms with Gasteiger partial charge in [-0.15, -0.1) is 0 Å². The van der Waals surface area contributed by atoms with E-state index in [1.807, 2.05) is 0 Å². The predicted octanol–water partition coefficient (Wildman–Crippen LogP) is 12.6. The molecule has 6 aromatic rings. The predicted molar refractivity (Wildman–Crippen MR) is 179 cm³/mol. The molecule has 0 aliphatic rings. The molecule has 0 bridgehead atoms. The Labute approximate surface area is 245 Å². The maximum Gasteiger partial charge on any atom is 0.138 e. The van der Waals surface area contributed by atoms with Crippen LogP contribution in [0.1, 0.15) is 76.7 Å². The van der Waals surface area contributed by atoms with Gasteiger partial charge in [-0.3, -0.25) is 0 Å². The van der Waals surface area contributed by atoms with Crippen LogP contribution < -0.4 is 4.74 Å². The number of rotatable bonds is 13. The minimum atomic E-state index is 0.929. The van der Waals surface area contributed by atoms with Crippen LogP contribution >= 0.6 is 0 Å². The number of aryl methyl sites for hydroxylation is 1. The summed E-state index contributed by atoms with van der Waals surface area (Å²) in [4.78, 5) is 0. The third-order valence-electron chi connectivity index (χ3n) is 8.64. The van der Waals surface area contributed by atoms with Crippen molar-refractivity contribution in [2.24, 2.45) is 0 Å². The van der Waals surface area contributed by atoms with E-state index in [2.05, 4.69) is 110 Å². The second-order valence-electron chi connectivity index (χ2n) is 11.7. The number of ether oxygens (including phenoxy) is 1. The summed E-state index contributed by atoms with van der Waals surface area (Å²) >= 11 is 0. The van der Waals surface area contributed by atoms with Gasteiger partial charge in [-0.25, -0.2) is 0 Å². The standard InChI is InChI=1S/C40H42O/c1-2-3-4-5-6-7-8-9-10-11-17-30-24-25-36-27-32-19-13-15-21-34(32)29-38(36)40(30)41-39-23-16-22-35-26-31-18-12-14-20-33(31)28-37(35)39/h12-16,18-29H,2-11,17H2,1H3. The Morgan fingerprint density at radius 1 is 0.439 bits per heavy atom. The van der Waals surface area contributed by atoms with E-state index in [4.69, 9.17) is 4.74 Å². The number of fused-ring (bicyclic) bond motifs is 4. The first-order valence-corrected chi connectivity index (χ1v) is 15.8. The molecule has 0 aliphatic carbocycles. The molecule has 0 unspecified atom stereocenters. The monoisotopic (exact) mass is 538 g/mol. The summed E-state index contributed by atoms with van der Waals surface area (Å²) in [5.74, 6) is 1.95. The smallest absolute Gasteiger partial charge is 0.138 e. The normalized spacial score (nSPS) is 11.6. The van der Waals surface area contributed by atoms with Crippen LogP contribution in [0.3, 0.4) is 0 Å². The van der Waals surface area contributed by atoms with E-state index >= 15 is 0 Å². The maximum absolute atomic E-state index is 6.98. The minimum absolute atomic E-state index is 0.929. The Balaban J connectivity index is 1.27. The Bertz CT molecular complexity index is 1760. The highest BCUT2D eigenvalue weighted by Gasteiger charge is 2.14. The summed E-state index contributed by atoms with van der Waals surface area (Å²) in [6.07, 6.45) is 14.5. The zero-order valence-corrected chi connectivity index (χ0v) is 24.5. The molecule has 0 spiro atoms. The first-order valence-electron chi connectivity index (χ1n) is 15.8. The van der Waals surface area contributed by atoms with Crippen LogP contribution in [0.15, 0.2) is 103 Å². The third kappa shape index (κ3) is 6.41. The van der Waals surface area contributed by atoms with Crippen LogP contribution in [-0.4, -0.2) is 0 Å². The molecule has 0 atom stereocenters. The lowest BCUT2D eigenvalue weighted by molar-refractivity contribution is 0.485. The van der Waals surface area contributed by atoms with Crippen molar-refractivity contribution in [1.29, 1.82) is 0 Å². The van der Waals surface area contributed by atoms with Gasteiger partial charge in [-0.1, -0.05) is 138 Å². The summed E-state index contributed by atoms with van der Waals surface area (Å²) < 4.78 is 6.98. The Kier molecular flexibility index (Phi) is 8.81. The van der Waals surface area contributed by atoms with Crippen LogP contribution in [0, 0.1) is 0 Å². The molecular formula is C40H42O. The quantitative estimate of drug-likeness (QED) is 0.105. The molecule has 1 nitrogen and oxygen atoms in total. The molecule has 0 aliphatic heterocycles. The second-order valence-corrected chi connectivity index (χ2v) is 11.7. The highest BCUT2D eigenvalue weighted by Crippen LogP contribution is 2.40. The van der Waals surface area contributed by atoms with Crippen molar-refractivity contribution in [3.63, 3.8) is 0 Å². The molecule has 0 N–H and O–H groups in total. The lowest BCUT2D eigenvalue weighted by Crippen LogP contribution is -1.95. The van der Waals surface area contributed by atoms with Gasteiger partial charge in [-0.2, -0.15) is 0 Å². The van der Waals surface area contributed by atoms with Crippen molar-refractivity contribution in [3.05, 3.63) is 109 Å². The van der Waals surface area contributed by atoms with E-state index in [9.17, 15) is 0 Å². The lowest BCUT2D eigenvalue weighted by atomic mass is 9.97. The topological polar surface area (TPSA) is 9.23 Å². The first-order chi connectivity index (χ1) is 20.3. The van der Waals surface area contributed by atoms with Crippen molar-refractivity contribution in [3.8, 4) is 11.5 Å². The van der Waals surface area contributed by atoms with E-state index in [-0.39, 0.29) is 0 Å². The van der Waals surface area contributed by atoms with Crippen molar-refractivity contribution in [2.75, 3.05) is 0 Å². The Morgan fingerprint density at radius 3 is 1.59 bits per heavy atom. The van der Waals surface area contributed by atoms with E-state index in [0.717, 1.165) is 23.3 Å². The molecule has 0 amide bonds. The van der Waals surface area contributed by atoms with Crippen molar-refractivity contribution in [1.82, 2.24) is 0 Å². The number of hydrogen-bond acceptors (Lipinski definition) is 1. The van der Waals surface area contributed by atoms with Gasteiger partial charge in [0.1, 0.15) is 11.5 Å². The van der Waals surface area contributed by atoms with Gasteiger partial charge in [0.05, 0.1) is 0 Å². The zero-order chi connectivity index (χ0) is 27.9. The molecule has 0 aromatic heterocycles. The molecule has 0 fully saturated rings. The van der Waals surface area contributed by atoms with Crippen molar-refractivity contribution >= 4 is 43.1 Å². The lowest BCUT2D eigenvalue weighted by Gasteiger charge is -2.17. The zero-order valence-electron chi connectivity index (χ0n) is 24.5. The summed E-state index contributed by atoms with van der Waals surface area (Å²) in [7, 11) is 0. The average molecular weight is 539 g/mol. The average Bonchev–Trinajstić information content (AvgIpc) is 3.01. The van der Waals surface area contributed by atoms with Crippen molar-refractivity contribution < 1.29 is 4.74 Å². The first kappa shape index (κ1) is 27.3. The van der Waals surface area contributed by atoms with Crippen LogP contribution in [0.2, 0.25) is 0 Å². The molecule has 6 rings (SSSR count). The summed E-state index contributed by atoms with van der Waals surface area (Å²) in [5.41, 5.74) is 1.31. The van der Waals surface area contributed by atoms with Gasteiger partial charge in [-0.05, 0) is 81.1 Å². The second kappa shape index (κ2) is 13.2. The van der Waals surface area contributed by atoms with Gasteiger partial charge in [0.2, 0.25) is 0 Å². The molecule has 0 radical (unpaired) electrons. The largest absolute Gasteiger partial charge is 0.456 e. The molecular weight excluding hydrogens is 496 g/mol. The Morgan fingerprint density at radius 2 is 0.951 bits per heavy atom. The van der Waals surface area contributed by atoms with Crippen molar-refractivity contribution in [2.45, 2.75) is 77.6 Å². The van der Waals surface area contributed by atoms with E-state index in [1.165, 1.54) is 107 Å². The fourth-order valence-corrected chi connectivity index (χ4v) is 6.29. The van der Waals surface area contributed by atoms with Gasteiger partial charge < -0.3 is 4.74 Å². The molecule has 1 heteroatoms. The minimum Gasteiger partial charge on any atom is -0.456 e. The SMILES string of the molecule is CCCCCCCCCCCCc1ccc2cc3ccccc3cc2c1Oc1cccc2cc3ccccc3cc12. The van der Waals surface area contributed by atoms with Gasteiger partial charge in [0.15, 0.2) is 0 Å². The summed E-state index contributed by atoms with van der Waals surface area (Å²) in [5, 5.41) is 9.83. The van der Waals surface area contributed by atoms with E-state index < -0.39 is 0 Å². The van der Waals surface area contributed by atoms with Gasteiger partial charge >= 0.3 is 0 Å². The summed E-state index contributed by atoms with van der Waals surface area (Å²) in [6.45, 7) is 2.29. The molecule has 208 valence electrons. The number of benzene rings is 6. The molecule has 0 saturated carbocycles. The van der Waals surface area contributed by atoms with Crippen LogP contribution in [0.4, 0.5) is 0 Å². The molecule has 0 heterocycles. The van der Waals surface area contributed by atoms with E-state index in [0.29, 0.717) is 0 Å². The van der Waals surface area contributed by atoms with Crippen LogP contribution in [0.25, 0.3) is 43.1 Å². The highest BCUT2D eigenvalue weighted by atomic mass is 16.5. The van der Waals surface area contributed by atoms with E-state index in [1.54, 1.807) is 0 Å². The molecule has 41 heavy (non-hydrogen) atoms. The molecule has 0 saturated heterocycles. The highest BCUT2D eigenvalue weighted by molar-refractivity contribution is 6.03. The van der Waals surface area contributed by atoms with Crippen LogP contribution in [0.5, 0.6) is 11.5 Å². The fourth-order valence-electron chi connectivity index (χ4n) is 6.29. The fraction of sp³-hybridized carbons (Fsp3) is 0.300. The molecule has 6 aromatic carbocycles.